The third-order valence-electron chi connectivity index (χ3n) is 13.1. The number of aromatic nitrogens is 4. The van der Waals surface area contributed by atoms with Gasteiger partial charge in [-0.1, -0.05) is 0 Å². The number of unbranched alkanes of at least 4 members (excludes halogenated alkanes) is 1. The minimum absolute atomic E-state index is 0.119. The molecule has 18 nitrogen and oxygen atoms in total. The third kappa shape index (κ3) is 10.3. The zero-order valence-corrected chi connectivity index (χ0v) is 35.8. The first-order valence-corrected chi connectivity index (χ1v) is 22.4. The zero-order valence-electron chi connectivity index (χ0n) is 35.8. The lowest BCUT2D eigenvalue weighted by Crippen LogP contribution is -2.50. The average Bonchev–Trinajstić information content (AvgIpc) is 3.58. The Balaban J connectivity index is 0.991. The van der Waals surface area contributed by atoms with Crippen LogP contribution in [0.4, 0.5) is 0 Å². The monoisotopic (exact) mass is 874 g/mol. The van der Waals surface area contributed by atoms with E-state index in [1.165, 1.54) is 17.1 Å². The van der Waals surface area contributed by atoms with Crippen LogP contribution >= 0.6 is 0 Å². The molecule has 2 aliphatic heterocycles. The average molecular weight is 875 g/mol. The number of hydrogen-bond acceptors (Lipinski definition) is 16. The van der Waals surface area contributed by atoms with Gasteiger partial charge >= 0.3 is 5.97 Å². The number of fused-ring (bicyclic) bond motifs is 6. The fourth-order valence-electron chi connectivity index (χ4n) is 9.69. The molecule has 18 heteroatoms. The Labute approximate surface area is 369 Å². The number of aliphatic carboxylic acids is 3. The van der Waals surface area contributed by atoms with E-state index < -0.39 is 37.0 Å². The van der Waals surface area contributed by atoms with Crippen molar-refractivity contribution in [1.82, 2.24) is 39.5 Å². The van der Waals surface area contributed by atoms with E-state index in [9.17, 15) is 44.4 Å². The van der Waals surface area contributed by atoms with Crippen LogP contribution in [0.25, 0.3) is 32.8 Å². The van der Waals surface area contributed by atoms with E-state index in [0.29, 0.717) is 78.5 Å². The molecule has 0 spiro atoms. The Hall–Kier alpha value is -5.98. The van der Waals surface area contributed by atoms with Gasteiger partial charge in [0.25, 0.3) is 11.8 Å². The molecular formula is C46H52N9O9-3. The van der Waals surface area contributed by atoms with Crippen molar-refractivity contribution >= 4 is 68.5 Å². The van der Waals surface area contributed by atoms with Crippen LogP contribution in [-0.4, -0.2) is 139 Å². The smallest absolute Gasteiger partial charge is 0.320 e. The Morgan fingerprint density at radius 3 is 1.72 bits per heavy atom. The number of imide groups is 1. The summed E-state index contributed by atoms with van der Waals surface area (Å²) in [6.45, 7) is 0.500. The van der Waals surface area contributed by atoms with E-state index in [-0.39, 0.29) is 81.8 Å². The molecule has 4 bridgehead atoms. The lowest BCUT2D eigenvalue weighted by atomic mass is 9.81. The summed E-state index contributed by atoms with van der Waals surface area (Å²) in [5.41, 5.74) is 5.63. The highest BCUT2D eigenvalue weighted by Crippen LogP contribution is 2.34. The Kier molecular flexibility index (Phi) is 13.8. The number of rotatable bonds is 14. The van der Waals surface area contributed by atoms with Crippen LogP contribution in [0.3, 0.4) is 0 Å². The standard InChI is InChI=1S/C46H55N9O9/c56-37-16-17-38(57)55(37)23-28-8-10-29(11-9-28)45(62)47-18-4-3-7-36(46(63)64)54-21-19-52(26-39(58)59)24-30-12-14-32-41(48-30)42-33(44-43(32)50-34-5-1-2-6-35(34)51-44)15-13-31(49-42)25-53(20-22-54)27-40(60)61/h12-17,28-29,36H,1-11,18-27H2,(H,47,62)(H,58,59)(H,60,61)(H,63,64)/p-3/t28?,29?,36-/m0/s1. The third-order valence-corrected chi connectivity index (χ3v) is 13.1. The van der Waals surface area contributed by atoms with E-state index in [0.717, 1.165) is 47.8 Å². The molecule has 4 aromatic rings. The molecule has 0 radical (unpaired) electrons. The second kappa shape index (κ2) is 19.8. The summed E-state index contributed by atoms with van der Waals surface area (Å²) in [6.07, 6.45) is 10.0. The number of amides is 2. The van der Waals surface area contributed by atoms with E-state index in [1.807, 2.05) is 24.3 Å². The maximum Gasteiger partial charge on any atom is 0.320 e. The van der Waals surface area contributed by atoms with Crippen molar-refractivity contribution in [2.75, 3.05) is 52.4 Å². The fraction of sp³-hybridized carbons (Fsp3) is 0.522. The highest BCUT2D eigenvalue weighted by Gasteiger charge is 2.30. The molecule has 3 aromatic heterocycles. The number of aliphatic imine (C=N–C) groups is 1. The molecule has 1 aromatic carbocycles. The predicted molar refractivity (Wildman–Crippen MR) is 228 cm³/mol. The van der Waals surface area contributed by atoms with Crippen molar-refractivity contribution in [2.24, 2.45) is 16.8 Å². The van der Waals surface area contributed by atoms with Gasteiger partial charge in [0.05, 0.1) is 56.8 Å². The predicted octanol–water partition coefficient (Wildman–Crippen LogP) is 0.138. The van der Waals surface area contributed by atoms with Gasteiger partial charge in [0.2, 0.25) is 0 Å². The number of benzene rings is 1. The second-order valence-corrected chi connectivity index (χ2v) is 17.5. The maximum atomic E-state index is 13.0. The van der Waals surface area contributed by atoms with Crippen molar-refractivity contribution in [3.05, 3.63) is 59.2 Å². The molecule has 1 N–H and O–H groups in total. The SMILES string of the molecule is O=C([O-])CN1CCN([C@@H](CCCCN=C([O-])C2CCC(CN3C(=O)C=CC3=O)CC2)C(=O)O)CCN(CC(=O)[O-])Cc2ccc3c(n2)c2nc(ccc2c2nc4c(nc32)CCCC4)C1. The van der Waals surface area contributed by atoms with Crippen molar-refractivity contribution in [3.63, 3.8) is 0 Å². The van der Waals surface area contributed by atoms with Crippen LogP contribution in [0, 0.1) is 11.8 Å². The normalized spacial score (nSPS) is 21.2. The van der Waals surface area contributed by atoms with Crippen molar-refractivity contribution in [1.29, 1.82) is 0 Å². The molecule has 0 unspecified atom stereocenters. The largest absolute Gasteiger partial charge is 0.862 e. The summed E-state index contributed by atoms with van der Waals surface area (Å²) in [7, 11) is 0. The molecule has 5 heterocycles. The summed E-state index contributed by atoms with van der Waals surface area (Å²) < 4.78 is 0. The van der Waals surface area contributed by atoms with Gasteiger partial charge in [0, 0.05) is 88.4 Å². The Morgan fingerprint density at radius 2 is 1.22 bits per heavy atom. The first kappa shape index (κ1) is 44.6. The van der Waals surface area contributed by atoms with E-state index >= 15 is 0 Å². The first-order chi connectivity index (χ1) is 30.9. The van der Waals surface area contributed by atoms with Crippen molar-refractivity contribution in [3.8, 4) is 0 Å². The highest BCUT2D eigenvalue weighted by molar-refractivity contribution is 6.20. The lowest BCUT2D eigenvalue weighted by molar-refractivity contribution is -0.307. The number of carboxylic acids is 3. The topological polar surface area (TPSA) is 252 Å². The number of carboxylic acid groups (broad SMARTS) is 3. The second-order valence-electron chi connectivity index (χ2n) is 17.5. The molecule has 8 rings (SSSR count). The van der Waals surface area contributed by atoms with Crippen LogP contribution in [0.1, 0.15) is 80.6 Å². The van der Waals surface area contributed by atoms with Gasteiger partial charge in [0.15, 0.2) is 0 Å². The van der Waals surface area contributed by atoms with E-state index in [2.05, 4.69) is 4.99 Å². The molecule has 0 saturated heterocycles. The molecule has 1 saturated carbocycles. The van der Waals surface area contributed by atoms with Gasteiger partial charge in [-0.2, -0.15) is 0 Å². The zero-order chi connectivity index (χ0) is 44.9. The molecule has 64 heavy (non-hydrogen) atoms. The fourth-order valence-corrected chi connectivity index (χ4v) is 9.69. The quantitative estimate of drug-likeness (QED) is 0.0582. The van der Waals surface area contributed by atoms with Gasteiger partial charge in [0.1, 0.15) is 6.04 Å². The highest BCUT2D eigenvalue weighted by atomic mass is 16.4. The van der Waals surface area contributed by atoms with Crippen LogP contribution < -0.4 is 15.3 Å². The van der Waals surface area contributed by atoms with Gasteiger partial charge in [-0.25, -0.2) is 19.9 Å². The Morgan fingerprint density at radius 1 is 0.703 bits per heavy atom. The Bertz CT molecular complexity index is 2390. The van der Waals surface area contributed by atoms with Crippen LogP contribution in [0.2, 0.25) is 0 Å². The summed E-state index contributed by atoms with van der Waals surface area (Å²) in [6, 6.07) is 6.48. The van der Waals surface area contributed by atoms with Crippen LogP contribution in [0.15, 0.2) is 41.4 Å². The molecule has 4 aliphatic rings. The summed E-state index contributed by atoms with van der Waals surface area (Å²) in [5, 5.41) is 49.2. The number of carbonyl (C=O) groups excluding carboxylic acids is 4. The first-order valence-electron chi connectivity index (χ1n) is 22.4. The maximum absolute atomic E-state index is 13.0. The number of nitrogens with zero attached hydrogens (tertiary/aromatic N) is 9. The number of carbonyl (C=O) groups is 5. The summed E-state index contributed by atoms with van der Waals surface area (Å²) >= 11 is 0. The minimum atomic E-state index is -1.30. The summed E-state index contributed by atoms with van der Waals surface area (Å²) in [4.78, 5) is 91.9. The van der Waals surface area contributed by atoms with Crippen LogP contribution in [-0.2, 0) is 49.9 Å². The minimum Gasteiger partial charge on any atom is -0.862 e. The van der Waals surface area contributed by atoms with E-state index in [1.54, 1.807) is 14.7 Å². The van der Waals surface area contributed by atoms with Gasteiger partial charge in [-0.3, -0.25) is 34.0 Å². The molecular weight excluding hydrogens is 823 g/mol. The van der Waals surface area contributed by atoms with Gasteiger partial charge in [-0.15, -0.1) is 0 Å². The van der Waals surface area contributed by atoms with Gasteiger partial charge < -0.3 is 35.0 Å². The lowest BCUT2D eigenvalue weighted by Gasteiger charge is -2.34. The molecule has 2 aliphatic carbocycles. The van der Waals surface area contributed by atoms with Crippen LogP contribution in [0.5, 0.6) is 0 Å². The number of aryl methyl sites for hydroxylation is 2. The number of pyridine rings is 2. The van der Waals surface area contributed by atoms with Crippen molar-refractivity contribution in [2.45, 2.75) is 89.8 Å². The number of hydrogen-bond donors (Lipinski definition) is 1. The van der Waals surface area contributed by atoms with E-state index in [4.69, 9.17) is 19.9 Å². The van der Waals surface area contributed by atoms with Crippen molar-refractivity contribution < 1.29 is 44.4 Å². The molecule has 338 valence electrons. The van der Waals surface area contributed by atoms with Gasteiger partial charge in [-0.05, 0) is 113 Å². The molecule has 1 fully saturated rings. The summed E-state index contributed by atoms with van der Waals surface area (Å²) in [5.74, 6) is -4.60. The molecule has 1 atom stereocenters. The molecule has 2 amide bonds.